The van der Waals surface area contributed by atoms with Crippen LogP contribution < -0.4 is 20.7 Å². The average Bonchev–Trinajstić information content (AvgIpc) is 2.85. The van der Waals surface area contributed by atoms with E-state index in [1.807, 2.05) is 0 Å². The Hall–Kier alpha value is -4.87. The van der Waals surface area contributed by atoms with Crippen LogP contribution in [0.15, 0.2) is 80.0 Å². The summed E-state index contributed by atoms with van der Waals surface area (Å²) in [6.45, 7) is 7.61. The topological polar surface area (TPSA) is 108 Å². The van der Waals surface area contributed by atoms with E-state index in [-0.39, 0.29) is 18.0 Å². The Balaban J connectivity index is 1.51. The molecule has 1 saturated heterocycles. The minimum absolute atomic E-state index is 0.0958. The molecule has 1 aromatic heterocycles. The molecular formula is C26H23F3N6O3. The molecule has 38 heavy (non-hydrogen) atoms. The Kier molecular flexibility index (Phi) is 7.61. The number of nitrogens with zero attached hydrogens (tertiary/aromatic N) is 3. The van der Waals surface area contributed by atoms with Crippen molar-refractivity contribution in [2.45, 2.75) is 12.3 Å². The van der Waals surface area contributed by atoms with Gasteiger partial charge in [-0.05, 0) is 42.5 Å². The van der Waals surface area contributed by atoms with Gasteiger partial charge in [-0.1, -0.05) is 25.3 Å². The van der Waals surface area contributed by atoms with Gasteiger partial charge in [0.2, 0.25) is 17.8 Å². The number of benzene rings is 2. The fourth-order valence-electron chi connectivity index (χ4n) is 3.54. The zero-order valence-electron chi connectivity index (χ0n) is 20.0. The summed E-state index contributed by atoms with van der Waals surface area (Å²) < 4.78 is 46.9. The molecule has 2 heterocycles. The maximum atomic E-state index is 13.7. The summed E-state index contributed by atoms with van der Waals surface area (Å²) in [6, 6.07) is 12.9. The van der Waals surface area contributed by atoms with Gasteiger partial charge < -0.3 is 25.6 Å². The predicted molar refractivity (Wildman–Crippen MR) is 137 cm³/mol. The molecule has 9 nitrogen and oxygen atoms in total. The zero-order valence-corrected chi connectivity index (χ0v) is 20.0. The van der Waals surface area contributed by atoms with Crippen LogP contribution in [0.1, 0.15) is 5.56 Å². The monoisotopic (exact) mass is 524 g/mol. The zero-order chi connectivity index (χ0) is 27.3. The van der Waals surface area contributed by atoms with E-state index in [0.29, 0.717) is 42.1 Å². The first-order chi connectivity index (χ1) is 18.1. The summed E-state index contributed by atoms with van der Waals surface area (Å²) in [5.41, 5.74) is 0.145. The van der Waals surface area contributed by atoms with Crippen molar-refractivity contribution < 1.29 is 27.5 Å². The molecule has 196 valence electrons. The maximum Gasteiger partial charge on any atom is 0.421 e. The molecule has 1 fully saturated rings. The van der Waals surface area contributed by atoms with Crippen molar-refractivity contribution in [3.8, 4) is 5.75 Å². The summed E-state index contributed by atoms with van der Waals surface area (Å²) in [5.74, 6) is -0.742. The van der Waals surface area contributed by atoms with E-state index in [4.69, 9.17) is 4.74 Å². The van der Waals surface area contributed by atoms with Crippen molar-refractivity contribution in [1.82, 2.24) is 14.9 Å². The van der Waals surface area contributed by atoms with E-state index in [0.717, 1.165) is 6.08 Å². The standard InChI is InChI=1S/C26H23F3N6O3/c1-3-22(36)31-16-7-5-8-17(11-16)33-25-30-13-21(26(27,28)29)24(34-25)32-18-9-6-10-19(12-18)38-20-14-35(15-20)23(37)4-2/h3-13,20H,1-2,14-15H2,(H,31,36)(H2,30,32,33,34). The minimum atomic E-state index is -4.71. The minimum Gasteiger partial charge on any atom is -0.487 e. The van der Waals surface area contributed by atoms with Gasteiger partial charge in [-0.15, -0.1) is 0 Å². The number of ether oxygens (including phenoxy) is 1. The molecule has 0 saturated carbocycles. The van der Waals surface area contributed by atoms with E-state index in [2.05, 4.69) is 39.1 Å². The number of likely N-dealkylation sites (tertiary alicyclic amines) is 1. The molecule has 3 N–H and O–H groups in total. The van der Waals surface area contributed by atoms with Crippen LogP contribution in [-0.2, 0) is 15.8 Å². The van der Waals surface area contributed by atoms with Crippen molar-refractivity contribution in [2.24, 2.45) is 0 Å². The molecule has 2 aromatic carbocycles. The molecule has 0 atom stereocenters. The average molecular weight is 525 g/mol. The van der Waals surface area contributed by atoms with Crippen LogP contribution in [0.5, 0.6) is 5.75 Å². The second-order valence-electron chi connectivity index (χ2n) is 8.19. The number of anilines is 5. The lowest BCUT2D eigenvalue weighted by molar-refractivity contribution is -0.137. The van der Waals surface area contributed by atoms with Crippen LogP contribution >= 0.6 is 0 Å². The van der Waals surface area contributed by atoms with Crippen LogP contribution in [0.4, 0.5) is 42.0 Å². The second-order valence-corrected chi connectivity index (χ2v) is 8.19. The molecule has 0 unspecified atom stereocenters. The summed E-state index contributed by atoms with van der Waals surface area (Å²) in [5, 5.41) is 8.13. The molecule has 3 aromatic rings. The van der Waals surface area contributed by atoms with E-state index in [1.165, 1.54) is 6.08 Å². The van der Waals surface area contributed by atoms with Gasteiger partial charge in [0.15, 0.2) is 0 Å². The first kappa shape index (κ1) is 26.2. The van der Waals surface area contributed by atoms with Gasteiger partial charge in [0.25, 0.3) is 0 Å². The normalized spacial score (nSPS) is 13.2. The Labute approximate surface area is 216 Å². The Morgan fingerprint density at radius 3 is 2.37 bits per heavy atom. The van der Waals surface area contributed by atoms with E-state index < -0.39 is 23.5 Å². The predicted octanol–water partition coefficient (Wildman–Crippen LogP) is 4.88. The smallest absolute Gasteiger partial charge is 0.421 e. The van der Waals surface area contributed by atoms with Crippen LogP contribution in [-0.4, -0.2) is 45.9 Å². The van der Waals surface area contributed by atoms with Gasteiger partial charge in [0.1, 0.15) is 23.2 Å². The van der Waals surface area contributed by atoms with Crippen molar-refractivity contribution >= 4 is 40.6 Å². The number of carbonyl (C=O) groups is 2. The van der Waals surface area contributed by atoms with Gasteiger partial charge in [-0.25, -0.2) is 4.98 Å². The molecule has 2 amide bonds. The first-order valence-electron chi connectivity index (χ1n) is 11.3. The van der Waals surface area contributed by atoms with Crippen molar-refractivity contribution in [1.29, 1.82) is 0 Å². The number of hydrogen-bond donors (Lipinski definition) is 3. The van der Waals surface area contributed by atoms with Gasteiger partial charge in [0.05, 0.1) is 13.1 Å². The highest BCUT2D eigenvalue weighted by Crippen LogP contribution is 2.36. The number of nitrogens with one attached hydrogen (secondary N) is 3. The molecule has 0 bridgehead atoms. The number of rotatable bonds is 9. The summed E-state index contributed by atoms with van der Waals surface area (Å²) >= 11 is 0. The molecule has 0 radical (unpaired) electrons. The lowest BCUT2D eigenvalue weighted by atomic mass is 10.1. The number of amides is 2. The SMILES string of the molecule is C=CC(=O)Nc1cccc(Nc2ncc(C(F)(F)F)c(Nc3cccc(OC4CN(C(=O)C=C)C4)c3)n2)c1. The second kappa shape index (κ2) is 11.0. The van der Waals surface area contributed by atoms with E-state index >= 15 is 0 Å². The third-order valence-corrected chi connectivity index (χ3v) is 5.40. The van der Waals surface area contributed by atoms with E-state index in [9.17, 15) is 22.8 Å². The van der Waals surface area contributed by atoms with Crippen LogP contribution in [0.2, 0.25) is 0 Å². The van der Waals surface area contributed by atoms with Gasteiger partial charge in [0, 0.05) is 29.3 Å². The van der Waals surface area contributed by atoms with Gasteiger partial charge in [-0.3, -0.25) is 9.59 Å². The molecular weight excluding hydrogens is 501 g/mol. The van der Waals surface area contributed by atoms with Crippen molar-refractivity contribution in [3.05, 3.63) is 85.6 Å². The number of aromatic nitrogens is 2. The molecule has 0 aliphatic carbocycles. The Morgan fingerprint density at radius 2 is 1.68 bits per heavy atom. The molecule has 1 aliphatic rings. The highest BCUT2D eigenvalue weighted by molar-refractivity contribution is 5.99. The lowest BCUT2D eigenvalue weighted by Gasteiger charge is -2.38. The van der Waals surface area contributed by atoms with Crippen LogP contribution in [0.3, 0.4) is 0 Å². The summed E-state index contributed by atoms with van der Waals surface area (Å²) in [7, 11) is 0. The van der Waals surface area contributed by atoms with Crippen LogP contribution in [0, 0.1) is 0 Å². The Morgan fingerprint density at radius 1 is 1.00 bits per heavy atom. The fourth-order valence-corrected chi connectivity index (χ4v) is 3.54. The van der Waals surface area contributed by atoms with Gasteiger partial charge >= 0.3 is 6.18 Å². The third-order valence-electron chi connectivity index (χ3n) is 5.40. The van der Waals surface area contributed by atoms with E-state index in [1.54, 1.807) is 53.4 Å². The van der Waals surface area contributed by atoms with Crippen molar-refractivity contribution in [3.63, 3.8) is 0 Å². The van der Waals surface area contributed by atoms with Crippen LogP contribution in [0.25, 0.3) is 0 Å². The highest BCUT2D eigenvalue weighted by Gasteiger charge is 2.35. The largest absolute Gasteiger partial charge is 0.487 e. The molecule has 1 aliphatic heterocycles. The van der Waals surface area contributed by atoms with Crippen molar-refractivity contribution in [2.75, 3.05) is 29.0 Å². The third kappa shape index (κ3) is 6.46. The molecule has 12 heteroatoms. The number of hydrogen-bond acceptors (Lipinski definition) is 7. The maximum absolute atomic E-state index is 13.7. The Bertz CT molecular complexity index is 1370. The van der Waals surface area contributed by atoms with Gasteiger partial charge in [-0.2, -0.15) is 18.2 Å². The lowest BCUT2D eigenvalue weighted by Crippen LogP contribution is -2.55. The quantitative estimate of drug-likeness (QED) is 0.342. The fraction of sp³-hybridized carbons (Fsp3) is 0.154. The number of carbonyl (C=O) groups excluding carboxylic acids is 2. The summed E-state index contributed by atoms with van der Waals surface area (Å²) in [6.07, 6.45) is -1.93. The first-order valence-corrected chi connectivity index (χ1v) is 11.3. The molecule has 0 spiro atoms. The summed E-state index contributed by atoms with van der Waals surface area (Å²) in [4.78, 5) is 32.5. The highest BCUT2D eigenvalue weighted by atomic mass is 19.4. The molecule has 4 rings (SSSR count). The number of halogens is 3. The number of alkyl halides is 3.